The third-order valence-corrected chi connectivity index (χ3v) is 5.11. The summed E-state index contributed by atoms with van der Waals surface area (Å²) < 4.78 is 0. The van der Waals surface area contributed by atoms with E-state index in [1.54, 1.807) is 12.1 Å². The first-order chi connectivity index (χ1) is 12.0. The molecule has 0 atom stereocenters. The maximum atomic E-state index is 12.3. The molecule has 0 radical (unpaired) electrons. The summed E-state index contributed by atoms with van der Waals surface area (Å²) in [6.45, 7) is 6.41. The number of phenols is 1. The normalized spacial score (nSPS) is 15.9. The number of likely N-dealkylation sites (tertiary alicyclic amines) is 1. The van der Waals surface area contributed by atoms with Crippen LogP contribution in [0.5, 0.6) is 5.75 Å². The number of benzene rings is 2. The minimum absolute atomic E-state index is 0.0475. The van der Waals surface area contributed by atoms with Gasteiger partial charge in [-0.25, -0.2) is 0 Å². The van der Waals surface area contributed by atoms with E-state index in [-0.39, 0.29) is 5.91 Å². The number of hydrogen-bond acceptors (Lipinski definition) is 3. The van der Waals surface area contributed by atoms with Crippen LogP contribution in [0.4, 0.5) is 5.69 Å². The topological polar surface area (TPSA) is 52.6 Å². The number of anilines is 1. The van der Waals surface area contributed by atoms with E-state index in [4.69, 9.17) is 0 Å². The summed E-state index contributed by atoms with van der Waals surface area (Å²) in [6.07, 6.45) is 2.09. The lowest BCUT2D eigenvalue weighted by Crippen LogP contribution is -2.38. The molecule has 1 amide bonds. The minimum atomic E-state index is 0.0475. The number of phenolic OH excluding ortho intramolecular Hbond substituents is 1. The number of amides is 1. The summed E-state index contributed by atoms with van der Waals surface area (Å²) in [5.41, 5.74) is 4.56. The van der Waals surface area contributed by atoms with Gasteiger partial charge in [-0.3, -0.25) is 9.69 Å². The zero-order chi connectivity index (χ0) is 17.8. The number of piperidine rings is 1. The van der Waals surface area contributed by atoms with Crippen molar-refractivity contribution < 1.29 is 9.90 Å². The number of nitrogens with one attached hydrogen (secondary N) is 1. The average Bonchev–Trinajstić information content (AvgIpc) is 2.60. The maximum absolute atomic E-state index is 12.3. The van der Waals surface area contributed by atoms with Gasteiger partial charge in [0.2, 0.25) is 5.91 Å². The Morgan fingerprint density at radius 1 is 1.08 bits per heavy atom. The molecule has 25 heavy (non-hydrogen) atoms. The van der Waals surface area contributed by atoms with Crippen molar-refractivity contribution >= 4 is 11.6 Å². The van der Waals surface area contributed by atoms with Crippen LogP contribution >= 0.6 is 0 Å². The molecule has 3 rings (SSSR count). The van der Waals surface area contributed by atoms with E-state index in [1.165, 1.54) is 16.7 Å². The molecule has 1 aliphatic heterocycles. The van der Waals surface area contributed by atoms with Crippen molar-refractivity contribution in [1.29, 1.82) is 0 Å². The highest BCUT2D eigenvalue weighted by molar-refractivity contribution is 5.92. The Morgan fingerprint density at radius 3 is 2.40 bits per heavy atom. The Labute approximate surface area is 149 Å². The largest absolute Gasteiger partial charge is 0.508 e. The van der Waals surface area contributed by atoms with Gasteiger partial charge in [0, 0.05) is 5.69 Å². The number of carbonyl (C=O) groups excluding carboxylic acids is 1. The second kappa shape index (κ2) is 7.70. The summed E-state index contributed by atoms with van der Waals surface area (Å²) in [5.74, 6) is 0.871. The zero-order valence-electron chi connectivity index (χ0n) is 15.0. The van der Waals surface area contributed by atoms with E-state index in [2.05, 4.69) is 24.1 Å². The fraction of sp³-hybridized carbons (Fsp3) is 0.381. The number of aryl methyl sites for hydroxylation is 2. The molecule has 1 aliphatic rings. The molecule has 2 N–H and O–H groups in total. The smallest absolute Gasteiger partial charge is 0.238 e. The number of carbonyl (C=O) groups is 1. The molecule has 0 bridgehead atoms. The van der Waals surface area contributed by atoms with Gasteiger partial charge in [-0.1, -0.05) is 18.2 Å². The van der Waals surface area contributed by atoms with Crippen LogP contribution in [0.25, 0.3) is 0 Å². The lowest BCUT2D eigenvalue weighted by atomic mass is 9.89. The fourth-order valence-corrected chi connectivity index (χ4v) is 3.39. The molecule has 4 heteroatoms. The summed E-state index contributed by atoms with van der Waals surface area (Å²) in [7, 11) is 0. The van der Waals surface area contributed by atoms with Crippen LogP contribution in [-0.2, 0) is 4.79 Å². The van der Waals surface area contributed by atoms with Crippen LogP contribution in [0, 0.1) is 13.8 Å². The number of rotatable bonds is 4. The number of nitrogens with zero attached hydrogens (tertiary/aromatic N) is 1. The van der Waals surface area contributed by atoms with Crippen molar-refractivity contribution in [3.8, 4) is 5.75 Å². The number of aromatic hydroxyl groups is 1. The Bertz CT molecular complexity index is 732. The van der Waals surface area contributed by atoms with E-state index in [0.717, 1.165) is 31.6 Å². The Hall–Kier alpha value is -2.33. The summed E-state index contributed by atoms with van der Waals surface area (Å²) in [4.78, 5) is 14.5. The van der Waals surface area contributed by atoms with Crippen molar-refractivity contribution in [3.05, 3.63) is 59.2 Å². The molecule has 1 saturated heterocycles. The first kappa shape index (κ1) is 17.5. The zero-order valence-corrected chi connectivity index (χ0v) is 15.0. The fourth-order valence-electron chi connectivity index (χ4n) is 3.39. The van der Waals surface area contributed by atoms with E-state index in [1.807, 2.05) is 30.3 Å². The molecular formula is C21H26N2O2. The van der Waals surface area contributed by atoms with Crippen molar-refractivity contribution in [2.45, 2.75) is 32.6 Å². The molecule has 0 unspecified atom stereocenters. The molecule has 0 saturated carbocycles. The van der Waals surface area contributed by atoms with Gasteiger partial charge in [0.25, 0.3) is 0 Å². The van der Waals surface area contributed by atoms with Crippen LogP contribution in [0.15, 0.2) is 42.5 Å². The van der Waals surface area contributed by atoms with Crippen LogP contribution in [0.1, 0.15) is 35.4 Å². The second-order valence-corrected chi connectivity index (χ2v) is 6.99. The Kier molecular flexibility index (Phi) is 5.39. The standard InChI is InChI=1S/C21H26N2O2/c1-15-3-6-19(13-16(15)2)22-21(25)14-23-11-9-18(10-12-23)17-4-7-20(24)8-5-17/h3-8,13,18,24H,9-12,14H2,1-2H3,(H,22,25). The third kappa shape index (κ3) is 4.60. The first-order valence-corrected chi connectivity index (χ1v) is 8.89. The van der Waals surface area contributed by atoms with E-state index < -0.39 is 0 Å². The molecule has 4 nitrogen and oxygen atoms in total. The van der Waals surface area contributed by atoms with Crippen LogP contribution in [-0.4, -0.2) is 35.5 Å². The third-order valence-electron chi connectivity index (χ3n) is 5.11. The lowest BCUT2D eigenvalue weighted by molar-refractivity contribution is -0.117. The van der Waals surface area contributed by atoms with Gasteiger partial charge < -0.3 is 10.4 Å². The van der Waals surface area contributed by atoms with Gasteiger partial charge >= 0.3 is 0 Å². The highest BCUT2D eigenvalue weighted by Crippen LogP contribution is 2.28. The molecule has 132 valence electrons. The van der Waals surface area contributed by atoms with Gasteiger partial charge in [-0.15, -0.1) is 0 Å². The van der Waals surface area contributed by atoms with E-state index in [0.29, 0.717) is 18.2 Å². The van der Waals surface area contributed by atoms with Crippen molar-refractivity contribution in [2.24, 2.45) is 0 Å². The quantitative estimate of drug-likeness (QED) is 0.891. The Morgan fingerprint density at radius 2 is 1.76 bits per heavy atom. The van der Waals surface area contributed by atoms with Gasteiger partial charge in [0.1, 0.15) is 5.75 Å². The molecule has 0 aromatic heterocycles. The summed E-state index contributed by atoms with van der Waals surface area (Å²) in [5, 5.41) is 12.4. The van der Waals surface area contributed by atoms with Crippen molar-refractivity contribution in [1.82, 2.24) is 4.90 Å². The first-order valence-electron chi connectivity index (χ1n) is 8.89. The summed E-state index contributed by atoms with van der Waals surface area (Å²) in [6, 6.07) is 13.5. The van der Waals surface area contributed by atoms with E-state index in [9.17, 15) is 9.90 Å². The molecule has 2 aromatic carbocycles. The molecule has 2 aromatic rings. The Balaban J connectivity index is 1.49. The molecule has 1 fully saturated rings. The number of hydrogen-bond donors (Lipinski definition) is 2. The van der Waals surface area contributed by atoms with Crippen LogP contribution in [0.2, 0.25) is 0 Å². The van der Waals surface area contributed by atoms with Gasteiger partial charge in [0.05, 0.1) is 6.54 Å². The predicted octanol–water partition coefficient (Wildman–Crippen LogP) is 3.83. The maximum Gasteiger partial charge on any atom is 0.238 e. The monoisotopic (exact) mass is 338 g/mol. The highest BCUT2D eigenvalue weighted by Gasteiger charge is 2.22. The summed E-state index contributed by atoms with van der Waals surface area (Å²) >= 11 is 0. The predicted molar refractivity (Wildman–Crippen MR) is 101 cm³/mol. The van der Waals surface area contributed by atoms with Crippen LogP contribution in [0.3, 0.4) is 0 Å². The average molecular weight is 338 g/mol. The molecule has 0 spiro atoms. The lowest BCUT2D eigenvalue weighted by Gasteiger charge is -2.31. The SMILES string of the molecule is Cc1ccc(NC(=O)CN2CCC(c3ccc(O)cc3)CC2)cc1C. The van der Waals surface area contributed by atoms with Gasteiger partial charge in [-0.2, -0.15) is 0 Å². The van der Waals surface area contributed by atoms with Gasteiger partial charge in [0.15, 0.2) is 0 Å². The highest BCUT2D eigenvalue weighted by atomic mass is 16.3. The van der Waals surface area contributed by atoms with Gasteiger partial charge in [-0.05, 0) is 86.7 Å². The van der Waals surface area contributed by atoms with Crippen molar-refractivity contribution in [3.63, 3.8) is 0 Å². The molecule has 0 aliphatic carbocycles. The van der Waals surface area contributed by atoms with Crippen molar-refractivity contribution in [2.75, 3.05) is 25.0 Å². The second-order valence-electron chi connectivity index (χ2n) is 6.99. The minimum Gasteiger partial charge on any atom is -0.508 e. The molecule has 1 heterocycles. The molecular weight excluding hydrogens is 312 g/mol. The van der Waals surface area contributed by atoms with E-state index >= 15 is 0 Å². The van der Waals surface area contributed by atoms with Crippen LogP contribution < -0.4 is 5.32 Å².